The highest BCUT2D eigenvalue weighted by Gasteiger charge is 2.57. The fraction of sp³-hybridized carbons (Fsp3) is 0.375. The van der Waals surface area contributed by atoms with Gasteiger partial charge >= 0.3 is 5.97 Å². The summed E-state index contributed by atoms with van der Waals surface area (Å²) in [5.74, 6) is 1.13. The number of benzene rings is 3. The summed E-state index contributed by atoms with van der Waals surface area (Å²) < 4.78 is 11.3. The van der Waals surface area contributed by atoms with E-state index in [1.165, 1.54) is 0 Å². The van der Waals surface area contributed by atoms with Crippen molar-refractivity contribution in [2.24, 2.45) is 17.8 Å². The van der Waals surface area contributed by atoms with Gasteiger partial charge in [0, 0.05) is 48.2 Å². The summed E-state index contributed by atoms with van der Waals surface area (Å²) >= 11 is 0. The number of carbonyl (C=O) groups excluding carboxylic acids is 2. The Bertz CT molecular complexity index is 1290. The van der Waals surface area contributed by atoms with Crippen molar-refractivity contribution < 1.29 is 19.1 Å². The third-order valence-corrected chi connectivity index (χ3v) is 8.65. The molecule has 38 heavy (non-hydrogen) atoms. The number of aryl methyl sites for hydroxylation is 2. The molecule has 0 heterocycles. The minimum Gasteiger partial charge on any atom is -0.616 e. The summed E-state index contributed by atoms with van der Waals surface area (Å²) in [6.07, 6.45) is 4.05. The van der Waals surface area contributed by atoms with Crippen LogP contribution in [-0.4, -0.2) is 24.0 Å². The number of ketones is 1. The topological polar surface area (TPSA) is 75.7 Å². The Morgan fingerprint density at radius 2 is 1.39 bits per heavy atom. The minimum absolute atomic E-state index is 0.0479. The van der Waals surface area contributed by atoms with Gasteiger partial charge in [0.15, 0.2) is 6.61 Å². The molecule has 7 rings (SSSR count). The van der Waals surface area contributed by atoms with Gasteiger partial charge in [-0.1, -0.05) is 36.4 Å². The second kappa shape index (κ2) is 9.37. The molecule has 6 nitrogen and oxygen atoms in total. The number of hydrogen-bond donors (Lipinski definition) is 0. The van der Waals surface area contributed by atoms with E-state index < -0.39 is 16.2 Å². The van der Waals surface area contributed by atoms with Crippen LogP contribution < -0.4 is 9.38 Å². The first kappa shape index (κ1) is 24.8. The molecular weight excluding hydrogens is 478 g/mol. The van der Waals surface area contributed by atoms with Crippen molar-refractivity contribution >= 4 is 28.8 Å². The average molecular weight is 512 g/mol. The molecule has 3 aromatic carbocycles. The van der Waals surface area contributed by atoms with Crippen LogP contribution in [0.4, 0.5) is 17.1 Å². The van der Waals surface area contributed by atoms with Crippen LogP contribution in [0.25, 0.3) is 0 Å². The summed E-state index contributed by atoms with van der Waals surface area (Å²) in [6.45, 7) is 3.58. The van der Waals surface area contributed by atoms with Gasteiger partial charge in [-0.2, -0.15) is 0 Å². The largest absolute Gasteiger partial charge is 0.616 e. The predicted molar refractivity (Wildman–Crippen MR) is 146 cm³/mol. The molecule has 2 atom stereocenters. The van der Waals surface area contributed by atoms with Crippen LogP contribution >= 0.6 is 0 Å². The highest BCUT2D eigenvalue weighted by molar-refractivity contribution is 5.86. The minimum atomic E-state index is -0.740. The Hall–Kier alpha value is -3.48. The van der Waals surface area contributed by atoms with E-state index in [2.05, 4.69) is 0 Å². The smallest absolute Gasteiger partial charge is 0.344 e. The number of ether oxygens (including phenoxy) is 2. The zero-order valence-electron chi connectivity index (χ0n) is 21.9. The molecule has 0 saturated heterocycles. The highest BCUT2D eigenvalue weighted by Crippen LogP contribution is 2.55. The monoisotopic (exact) mass is 511 g/mol. The lowest BCUT2D eigenvalue weighted by atomic mass is 9.53. The molecule has 0 aliphatic heterocycles. The molecule has 0 N–H and O–H groups in total. The number of Topliss-reactive ketones (excluding diaryl/α,β-unsaturated/α-hetero) is 1. The van der Waals surface area contributed by atoms with Crippen LogP contribution in [0, 0.1) is 36.8 Å². The van der Waals surface area contributed by atoms with Gasteiger partial charge in [0.25, 0.3) is 0 Å². The standard InChI is InChI=1S/C32H33NO5/c1-21-13-28(33(36,26-9-5-3-6-10-26)27-11-7-4-8-12-27)14-22(2)31(21)37-20-29(34)38-32-17-23-15-24(18-32)30(35)25(16-23)19-32/h3-14,23-25H,15-20H2,1-2H3. The number of esters is 1. The van der Waals surface area contributed by atoms with Crippen molar-refractivity contribution in [1.29, 1.82) is 0 Å². The summed E-state index contributed by atoms with van der Waals surface area (Å²) in [7, 11) is 0. The van der Waals surface area contributed by atoms with Crippen molar-refractivity contribution in [2.75, 3.05) is 6.61 Å². The van der Waals surface area contributed by atoms with Crippen LogP contribution in [0.15, 0.2) is 72.8 Å². The van der Waals surface area contributed by atoms with E-state index in [0.29, 0.717) is 47.4 Å². The molecule has 0 radical (unpaired) electrons. The fourth-order valence-electron chi connectivity index (χ4n) is 7.26. The van der Waals surface area contributed by atoms with E-state index in [-0.39, 0.29) is 18.4 Å². The first-order valence-corrected chi connectivity index (χ1v) is 13.5. The zero-order valence-corrected chi connectivity index (χ0v) is 21.9. The van der Waals surface area contributed by atoms with Gasteiger partial charge in [0.2, 0.25) is 0 Å². The Morgan fingerprint density at radius 1 is 0.868 bits per heavy atom. The Labute approximate surface area is 223 Å². The highest BCUT2D eigenvalue weighted by atomic mass is 16.6. The van der Waals surface area contributed by atoms with Gasteiger partial charge in [0.05, 0.1) is 0 Å². The molecule has 196 valence electrons. The maximum Gasteiger partial charge on any atom is 0.344 e. The maximum absolute atomic E-state index is 14.6. The van der Waals surface area contributed by atoms with Crippen LogP contribution in [0.1, 0.15) is 43.2 Å². The third-order valence-electron chi connectivity index (χ3n) is 8.65. The molecule has 3 aromatic rings. The van der Waals surface area contributed by atoms with Crippen molar-refractivity contribution in [3.8, 4) is 5.75 Å². The number of nitrogens with zero attached hydrogens (tertiary/aromatic N) is 1. The molecular formula is C32H33NO5. The van der Waals surface area contributed by atoms with Gasteiger partial charge in [-0.3, -0.25) is 9.44 Å². The SMILES string of the molecule is Cc1cc([N+]([O-])(c2ccccc2)c2ccccc2)cc(C)c1OCC(=O)OC12CC3CC(C1)C(=O)C(C3)C2. The van der Waals surface area contributed by atoms with Gasteiger partial charge in [-0.25, -0.2) is 4.79 Å². The summed E-state index contributed by atoms with van der Waals surface area (Å²) in [5.41, 5.74) is 2.80. The molecule has 4 saturated carbocycles. The molecule has 4 aliphatic carbocycles. The zero-order chi connectivity index (χ0) is 26.5. The van der Waals surface area contributed by atoms with Crippen LogP contribution in [0.5, 0.6) is 5.75 Å². The average Bonchev–Trinajstić information content (AvgIpc) is 2.91. The molecule has 2 unspecified atom stereocenters. The lowest BCUT2D eigenvalue weighted by molar-refractivity contribution is -0.190. The van der Waals surface area contributed by atoms with E-state index in [1.54, 1.807) is 0 Å². The summed E-state index contributed by atoms with van der Waals surface area (Å²) in [6, 6.07) is 22.3. The molecule has 4 fully saturated rings. The van der Waals surface area contributed by atoms with Crippen molar-refractivity contribution in [1.82, 2.24) is 4.65 Å². The van der Waals surface area contributed by atoms with E-state index in [1.807, 2.05) is 86.6 Å². The number of hydrogen-bond acceptors (Lipinski definition) is 5. The summed E-state index contributed by atoms with van der Waals surface area (Å²) in [5, 5.41) is 14.6. The molecule has 4 aliphatic rings. The van der Waals surface area contributed by atoms with Crippen LogP contribution in [-0.2, 0) is 14.3 Å². The van der Waals surface area contributed by atoms with Crippen molar-refractivity contribution in [2.45, 2.75) is 51.6 Å². The first-order chi connectivity index (χ1) is 18.3. The number of rotatable bonds is 7. The lowest BCUT2D eigenvalue weighted by Gasteiger charge is -2.54. The normalized spacial score (nSPS) is 25.9. The van der Waals surface area contributed by atoms with Gasteiger partial charge in [-0.15, -0.1) is 0 Å². The summed E-state index contributed by atoms with van der Waals surface area (Å²) in [4.78, 5) is 25.4. The predicted octanol–water partition coefficient (Wildman–Crippen LogP) is 6.84. The third kappa shape index (κ3) is 4.22. The Morgan fingerprint density at radius 3 is 1.92 bits per heavy atom. The van der Waals surface area contributed by atoms with Gasteiger partial charge < -0.3 is 14.7 Å². The Kier molecular flexibility index (Phi) is 6.12. The number of quaternary nitrogens is 1. The molecule has 6 heteroatoms. The molecule has 0 aromatic heterocycles. The van der Waals surface area contributed by atoms with Crippen LogP contribution in [0.3, 0.4) is 0 Å². The van der Waals surface area contributed by atoms with E-state index in [9.17, 15) is 14.8 Å². The fourth-order valence-corrected chi connectivity index (χ4v) is 7.26. The van der Waals surface area contributed by atoms with Crippen molar-refractivity contribution in [3.63, 3.8) is 0 Å². The van der Waals surface area contributed by atoms with Gasteiger partial charge in [0.1, 0.15) is 34.2 Å². The Balaban J connectivity index is 1.22. The number of para-hydroxylation sites is 2. The van der Waals surface area contributed by atoms with E-state index in [0.717, 1.165) is 30.4 Å². The molecule has 0 amide bonds. The van der Waals surface area contributed by atoms with E-state index >= 15 is 0 Å². The van der Waals surface area contributed by atoms with Crippen molar-refractivity contribution in [3.05, 3.63) is 89.1 Å². The second-order valence-corrected chi connectivity index (χ2v) is 11.4. The van der Waals surface area contributed by atoms with Crippen LogP contribution in [0.2, 0.25) is 0 Å². The van der Waals surface area contributed by atoms with E-state index in [4.69, 9.17) is 9.47 Å². The maximum atomic E-state index is 14.6. The molecule has 0 spiro atoms. The quantitative estimate of drug-likeness (QED) is 0.197. The lowest BCUT2D eigenvalue weighted by Crippen LogP contribution is -2.57. The van der Waals surface area contributed by atoms with Gasteiger partial charge in [-0.05, 0) is 63.0 Å². The second-order valence-electron chi connectivity index (χ2n) is 11.4. The first-order valence-electron chi connectivity index (χ1n) is 13.5. The molecule has 4 bridgehead atoms. The number of carbonyl (C=O) groups is 2.